The Labute approximate surface area is 194 Å². The predicted molar refractivity (Wildman–Crippen MR) is 122 cm³/mol. The summed E-state index contributed by atoms with van der Waals surface area (Å²) in [6.07, 6.45) is 0.872. The lowest BCUT2D eigenvalue weighted by Gasteiger charge is -2.32. The molecule has 1 amide bonds. The third-order valence-electron chi connectivity index (χ3n) is 5.54. The van der Waals surface area contributed by atoms with Gasteiger partial charge in [-0.05, 0) is 62.6 Å². The van der Waals surface area contributed by atoms with Crippen molar-refractivity contribution in [3.8, 4) is 0 Å². The van der Waals surface area contributed by atoms with Crippen LogP contribution in [0, 0.1) is 19.7 Å². The number of nitrogens with one attached hydrogen (secondary N) is 2. The monoisotopic (exact) mass is 497 g/mol. The molecule has 1 aliphatic rings. The summed E-state index contributed by atoms with van der Waals surface area (Å²) in [5, 5.41) is 0. The molecule has 8 nitrogen and oxygen atoms in total. The first kappa shape index (κ1) is 25.3. The zero-order valence-corrected chi connectivity index (χ0v) is 20.2. The van der Waals surface area contributed by atoms with Crippen molar-refractivity contribution in [3.63, 3.8) is 0 Å². The smallest absolute Gasteiger partial charge is 0.240 e. The summed E-state index contributed by atoms with van der Waals surface area (Å²) < 4.78 is 68.0. The van der Waals surface area contributed by atoms with Crippen LogP contribution in [0.25, 0.3) is 0 Å². The number of benzene rings is 2. The van der Waals surface area contributed by atoms with Crippen molar-refractivity contribution in [3.05, 3.63) is 59.4 Å². The Morgan fingerprint density at radius 2 is 1.64 bits per heavy atom. The Kier molecular flexibility index (Phi) is 7.88. The van der Waals surface area contributed by atoms with E-state index in [4.69, 9.17) is 0 Å². The van der Waals surface area contributed by atoms with Crippen molar-refractivity contribution < 1.29 is 26.0 Å². The van der Waals surface area contributed by atoms with Gasteiger partial charge in [-0.1, -0.05) is 17.7 Å². The number of amides is 1. The van der Waals surface area contributed by atoms with Gasteiger partial charge in [-0.15, -0.1) is 0 Å². The van der Waals surface area contributed by atoms with E-state index in [1.165, 1.54) is 12.1 Å². The van der Waals surface area contributed by atoms with Gasteiger partial charge in [0.2, 0.25) is 26.0 Å². The number of likely N-dealkylation sites (tertiary alicyclic amines) is 1. The summed E-state index contributed by atoms with van der Waals surface area (Å²) in [5.41, 5.74) is 1.60. The Hall–Kier alpha value is -2.34. The second-order valence-electron chi connectivity index (χ2n) is 8.15. The van der Waals surface area contributed by atoms with Gasteiger partial charge in [0.15, 0.2) is 0 Å². The minimum Gasteiger partial charge on any atom is -0.343 e. The summed E-state index contributed by atoms with van der Waals surface area (Å²) >= 11 is 0. The summed E-state index contributed by atoms with van der Waals surface area (Å²) in [4.78, 5) is 14.3. The van der Waals surface area contributed by atoms with E-state index in [2.05, 4.69) is 9.44 Å². The molecule has 2 N–H and O–H groups in total. The van der Waals surface area contributed by atoms with Crippen LogP contribution in [0.5, 0.6) is 0 Å². The number of aryl methyl sites for hydroxylation is 2. The van der Waals surface area contributed by atoms with Crippen LogP contribution in [0.4, 0.5) is 4.39 Å². The van der Waals surface area contributed by atoms with Crippen LogP contribution in [0.3, 0.4) is 0 Å². The lowest BCUT2D eigenvalue weighted by molar-refractivity contribution is -0.132. The third kappa shape index (κ3) is 6.59. The molecule has 2 aromatic carbocycles. The standard InChI is InChI=1S/C22H28FN3O5S2/c1-16-3-8-21(17(2)15-16)33(30,31)24-12-9-22(27)26-13-10-19(11-14-26)25-32(28,29)20-6-4-18(23)5-7-20/h3-8,15,19,24-25H,9-14H2,1-2H3. The van der Waals surface area contributed by atoms with Gasteiger partial charge < -0.3 is 4.90 Å². The van der Waals surface area contributed by atoms with Gasteiger partial charge in [-0.3, -0.25) is 4.79 Å². The number of sulfonamides is 2. The van der Waals surface area contributed by atoms with Crippen molar-refractivity contribution in [2.45, 2.75) is 48.9 Å². The number of halogens is 1. The molecule has 1 aliphatic heterocycles. The Bertz CT molecular complexity index is 1210. The highest BCUT2D eigenvalue weighted by atomic mass is 32.2. The molecule has 0 bridgehead atoms. The van der Waals surface area contributed by atoms with Crippen LogP contribution in [0.2, 0.25) is 0 Å². The molecule has 0 aliphatic carbocycles. The van der Waals surface area contributed by atoms with E-state index < -0.39 is 25.9 Å². The lowest BCUT2D eigenvalue weighted by atomic mass is 10.1. The van der Waals surface area contributed by atoms with Crippen LogP contribution in [-0.4, -0.2) is 53.3 Å². The molecule has 0 radical (unpaired) electrons. The Morgan fingerprint density at radius 1 is 1.00 bits per heavy atom. The summed E-state index contributed by atoms with van der Waals surface area (Å²) in [6, 6.07) is 9.30. The summed E-state index contributed by atoms with van der Waals surface area (Å²) in [6.45, 7) is 4.30. The first-order chi connectivity index (χ1) is 15.5. The maximum absolute atomic E-state index is 13.0. The number of carbonyl (C=O) groups is 1. The van der Waals surface area contributed by atoms with Crippen LogP contribution in [-0.2, 0) is 24.8 Å². The van der Waals surface area contributed by atoms with Crippen molar-refractivity contribution in [2.75, 3.05) is 19.6 Å². The molecule has 0 unspecified atom stereocenters. The molecule has 1 heterocycles. The van der Waals surface area contributed by atoms with Crippen LogP contribution < -0.4 is 9.44 Å². The highest BCUT2D eigenvalue weighted by Crippen LogP contribution is 2.18. The van der Waals surface area contributed by atoms with Gasteiger partial charge in [0, 0.05) is 32.1 Å². The van der Waals surface area contributed by atoms with Crippen molar-refractivity contribution in [2.24, 2.45) is 0 Å². The molecule has 33 heavy (non-hydrogen) atoms. The highest BCUT2D eigenvalue weighted by Gasteiger charge is 2.27. The number of rotatable bonds is 8. The Morgan fingerprint density at radius 3 is 2.24 bits per heavy atom. The van der Waals surface area contributed by atoms with Crippen LogP contribution >= 0.6 is 0 Å². The van der Waals surface area contributed by atoms with E-state index in [9.17, 15) is 26.0 Å². The number of hydrogen-bond donors (Lipinski definition) is 2. The fraction of sp³-hybridized carbons (Fsp3) is 0.409. The van der Waals surface area contributed by atoms with E-state index in [1.54, 1.807) is 30.0 Å². The lowest BCUT2D eigenvalue weighted by Crippen LogP contribution is -2.47. The Balaban J connectivity index is 1.47. The third-order valence-corrected chi connectivity index (χ3v) is 8.70. The number of carbonyl (C=O) groups excluding carboxylic acids is 1. The summed E-state index contributed by atoms with van der Waals surface area (Å²) in [5.74, 6) is -0.713. The van der Waals surface area contributed by atoms with Gasteiger partial charge in [0.25, 0.3) is 0 Å². The van der Waals surface area contributed by atoms with Crippen LogP contribution in [0.15, 0.2) is 52.3 Å². The van der Waals surface area contributed by atoms with E-state index in [0.29, 0.717) is 31.5 Å². The number of hydrogen-bond acceptors (Lipinski definition) is 5. The van der Waals surface area contributed by atoms with Crippen molar-refractivity contribution >= 4 is 26.0 Å². The fourth-order valence-corrected chi connectivity index (χ4v) is 6.34. The van der Waals surface area contributed by atoms with E-state index >= 15 is 0 Å². The molecular weight excluding hydrogens is 469 g/mol. The number of piperidine rings is 1. The van der Waals surface area contributed by atoms with Gasteiger partial charge >= 0.3 is 0 Å². The molecule has 0 aromatic heterocycles. The molecule has 180 valence electrons. The molecule has 3 rings (SSSR count). The molecule has 0 atom stereocenters. The molecule has 0 saturated carbocycles. The fourth-order valence-electron chi connectivity index (χ4n) is 3.78. The van der Waals surface area contributed by atoms with E-state index in [-0.39, 0.29) is 34.7 Å². The minimum atomic E-state index is -3.77. The molecule has 1 fully saturated rings. The largest absolute Gasteiger partial charge is 0.343 e. The SMILES string of the molecule is Cc1ccc(S(=O)(=O)NCCC(=O)N2CCC(NS(=O)(=O)c3ccc(F)cc3)CC2)c(C)c1. The average Bonchev–Trinajstić information content (AvgIpc) is 2.74. The van der Waals surface area contributed by atoms with E-state index in [1.807, 2.05) is 6.92 Å². The summed E-state index contributed by atoms with van der Waals surface area (Å²) in [7, 11) is -7.49. The zero-order valence-electron chi connectivity index (χ0n) is 18.5. The first-order valence-electron chi connectivity index (χ1n) is 10.6. The zero-order chi connectivity index (χ0) is 24.2. The van der Waals surface area contributed by atoms with Crippen molar-refractivity contribution in [1.29, 1.82) is 0 Å². The van der Waals surface area contributed by atoms with Gasteiger partial charge in [-0.2, -0.15) is 0 Å². The molecule has 2 aromatic rings. The van der Waals surface area contributed by atoms with Crippen LogP contribution in [0.1, 0.15) is 30.4 Å². The number of nitrogens with zero attached hydrogens (tertiary/aromatic N) is 1. The molecular formula is C22H28FN3O5S2. The minimum absolute atomic E-state index is 0.0100. The highest BCUT2D eigenvalue weighted by molar-refractivity contribution is 7.89. The average molecular weight is 498 g/mol. The molecule has 11 heteroatoms. The maximum Gasteiger partial charge on any atom is 0.240 e. The molecule has 0 spiro atoms. The van der Waals surface area contributed by atoms with Gasteiger partial charge in [0.05, 0.1) is 9.79 Å². The van der Waals surface area contributed by atoms with E-state index in [0.717, 1.165) is 17.7 Å². The quantitative estimate of drug-likeness (QED) is 0.580. The van der Waals surface area contributed by atoms with Crippen molar-refractivity contribution in [1.82, 2.24) is 14.3 Å². The van der Waals surface area contributed by atoms with Gasteiger partial charge in [0.1, 0.15) is 5.82 Å². The maximum atomic E-state index is 13.0. The topological polar surface area (TPSA) is 113 Å². The second kappa shape index (κ2) is 10.3. The van der Waals surface area contributed by atoms with Gasteiger partial charge in [-0.25, -0.2) is 30.7 Å². The first-order valence-corrected chi connectivity index (χ1v) is 13.6. The predicted octanol–water partition coefficient (Wildman–Crippen LogP) is 2.08. The molecule has 1 saturated heterocycles. The second-order valence-corrected chi connectivity index (χ2v) is 11.6. The normalized spacial score (nSPS) is 15.5.